The van der Waals surface area contributed by atoms with Gasteiger partial charge in [0, 0.05) is 12.2 Å². The fraction of sp³-hybridized carbons (Fsp3) is 0. The number of amides is 2. The Bertz CT molecular complexity index is 380. The van der Waals surface area contributed by atoms with Crippen LogP contribution >= 0.6 is 0 Å². The lowest BCUT2D eigenvalue weighted by Gasteiger charge is -2.15. The van der Waals surface area contributed by atoms with Gasteiger partial charge in [-0.2, -0.15) is 5.01 Å². The zero-order valence-electron chi connectivity index (χ0n) is 7.31. The molecule has 0 spiro atoms. The maximum Gasteiger partial charge on any atom is 0.272 e. The standard InChI is InChI=1S/C10H8N2O2/c13-9-6-7-10(14)12(9)11-8-4-2-1-3-5-8/h1-7,11H. The Labute approximate surface area is 80.8 Å². The summed E-state index contributed by atoms with van der Waals surface area (Å²) in [6.45, 7) is 0. The van der Waals surface area contributed by atoms with Crippen LogP contribution in [-0.2, 0) is 9.59 Å². The third kappa shape index (κ3) is 1.50. The van der Waals surface area contributed by atoms with Crippen molar-refractivity contribution in [3.63, 3.8) is 0 Å². The fourth-order valence-electron chi connectivity index (χ4n) is 1.15. The van der Waals surface area contributed by atoms with E-state index in [1.165, 1.54) is 12.2 Å². The van der Waals surface area contributed by atoms with Gasteiger partial charge in [-0.15, -0.1) is 0 Å². The topological polar surface area (TPSA) is 49.4 Å². The van der Waals surface area contributed by atoms with Gasteiger partial charge in [0.25, 0.3) is 11.8 Å². The quantitative estimate of drug-likeness (QED) is 0.702. The maximum absolute atomic E-state index is 11.1. The van der Waals surface area contributed by atoms with Crippen molar-refractivity contribution in [3.8, 4) is 0 Å². The van der Waals surface area contributed by atoms with E-state index in [0.717, 1.165) is 5.01 Å². The molecule has 2 rings (SSSR count). The Morgan fingerprint density at radius 3 is 2.07 bits per heavy atom. The molecule has 1 aromatic carbocycles. The smallest absolute Gasteiger partial charge is 0.272 e. The van der Waals surface area contributed by atoms with Gasteiger partial charge in [0.05, 0.1) is 5.69 Å². The summed E-state index contributed by atoms with van der Waals surface area (Å²) in [6, 6.07) is 9.05. The first-order valence-corrected chi connectivity index (χ1v) is 4.15. The van der Waals surface area contributed by atoms with E-state index in [1.54, 1.807) is 12.1 Å². The minimum atomic E-state index is -0.348. The third-order valence-electron chi connectivity index (χ3n) is 1.82. The van der Waals surface area contributed by atoms with Crippen molar-refractivity contribution in [1.29, 1.82) is 0 Å². The second-order valence-electron chi connectivity index (χ2n) is 2.82. The van der Waals surface area contributed by atoms with E-state index in [1.807, 2.05) is 18.2 Å². The molecule has 0 unspecified atom stereocenters. The minimum absolute atomic E-state index is 0.348. The predicted molar refractivity (Wildman–Crippen MR) is 51.1 cm³/mol. The number of imide groups is 1. The Hall–Kier alpha value is -2.10. The molecule has 0 radical (unpaired) electrons. The van der Waals surface area contributed by atoms with Crippen molar-refractivity contribution < 1.29 is 9.59 Å². The summed E-state index contributed by atoms with van der Waals surface area (Å²) in [4.78, 5) is 22.3. The molecule has 2 amide bonds. The molecule has 4 heteroatoms. The van der Waals surface area contributed by atoms with Crippen LogP contribution in [0, 0.1) is 0 Å². The summed E-state index contributed by atoms with van der Waals surface area (Å²) < 4.78 is 0. The number of nitrogens with zero attached hydrogens (tertiary/aromatic N) is 1. The second-order valence-corrected chi connectivity index (χ2v) is 2.82. The molecule has 14 heavy (non-hydrogen) atoms. The monoisotopic (exact) mass is 188 g/mol. The van der Waals surface area contributed by atoms with E-state index in [9.17, 15) is 9.59 Å². The number of carbonyl (C=O) groups excluding carboxylic acids is 2. The van der Waals surface area contributed by atoms with Crippen LogP contribution in [0.15, 0.2) is 42.5 Å². The van der Waals surface area contributed by atoms with E-state index in [-0.39, 0.29) is 11.8 Å². The van der Waals surface area contributed by atoms with Gasteiger partial charge in [-0.25, -0.2) is 0 Å². The molecule has 1 aliphatic heterocycles. The summed E-state index contributed by atoms with van der Waals surface area (Å²) in [5.41, 5.74) is 3.42. The summed E-state index contributed by atoms with van der Waals surface area (Å²) in [7, 11) is 0. The van der Waals surface area contributed by atoms with Crippen LogP contribution in [0.3, 0.4) is 0 Å². The van der Waals surface area contributed by atoms with E-state index in [4.69, 9.17) is 0 Å². The van der Waals surface area contributed by atoms with Crippen LogP contribution < -0.4 is 5.43 Å². The lowest BCUT2D eigenvalue weighted by molar-refractivity contribution is -0.135. The van der Waals surface area contributed by atoms with Crippen LogP contribution in [-0.4, -0.2) is 16.8 Å². The Morgan fingerprint density at radius 1 is 0.929 bits per heavy atom. The molecule has 0 atom stereocenters. The zero-order chi connectivity index (χ0) is 9.97. The number of rotatable bonds is 2. The highest BCUT2D eigenvalue weighted by Crippen LogP contribution is 2.10. The highest BCUT2D eigenvalue weighted by atomic mass is 16.2. The Balaban J connectivity index is 2.13. The van der Waals surface area contributed by atoms with Crippen LogP contribution in [0.25, 0.3) is 0 Å². The number of para-hydroxylation sites is 1. The molecule has 0 fully saturated rings. The molecule has 0 aliphatic carbocycles. The van der Waals surface area contributed by atoms with Gasteiger partial charge in [0.15, 0.2) is 0 Å². The Morgan fingerprint density at radius 2 is 1.50 bits per heavy atom. The molecule has 4 nitrogen and oxygen atoms in total. The highest BCUT2D eigenvalue weighted by molar-refractivity contribution is 6.13. The molecule has 70 valence electrons. The first-order chi connectivity index (χ1) is 6.77. The van der Waals surface area contributed by atoms with Crippen LogP contribution in [0.2, 0.25) is 0 Å². The van der Waals surface area contributed by atoms with Crippen LogP contribution in [0.5, 0.6) is 0 Å². The van der Waals surface area contributed by atoms with Gasteiger partial charge in [0.2, 0.25) is 0 Å². The number of anilines is 1. The van der Waals surface area contributed by atoms with E-state index in [0.29, 0.717) is 5.69 Å². The van der Waals surface area contributed by atoms with Gasteiger partial charge in [0.1, 0.15) is 0 Å². The SMILES string of the molecule is O=C1C=CC(=O)N1Nc1ccccc1. The summed E-state index contributed by atoms with van der Waals surface area (Å²) in [5, 5.41) is 0.968. The number of hydrogen-bond donors (Lipinski definition) is 1. The molecule has 0 aromatic heterocycles. The van der Waals surface area contributed by atoms with Crippen molar-refractivity contribution in [2.24, 2.45) is 0 Å². The first-order valence-electron chi connectivity index (χ1n) is 4.15. The number of benzene rings is 1. The molecule has 1 heterocycles. The van der Waals surface area contributed by atoms with E-state index < -0.39 is 0 Å². The zero-order valence-corrected chi connectivity index (χ0v) is 7.31. The van der Waals surface area contributed by atoms with Gasteiger partial charge in [-0.1, -0.05) is 18.2 Å². The minimum Gasteiger partial charge on any atom is -0.288 e. The number of hydrogen-bond acceptors (Lipinski definition) is 3. The predicted octanol–water partition coefficient (Wildman–Crippen LogP) is 0.939. The largest absolute Gasteiger partial charge is 0.288 e. The molecule has 1 aliphatic rings. The normalized spacial score (nSPS) is 15.0. The molecule has 0 saturated heterocycles. The number of hydrazine groups is 1. The van der Waals surface area contributed by atoms with Crippen molar-refractivity contribution in [2.45, 2.75) is 0 Å². The van der Waals surface area contributed by atoms with Crippen LogP contribution in [0.4, 0.5) is 5.69 Å². The number of carbonyl (C=O) groups is 2. The second kappa shape index (κ2) is 3.33. The highest BCUT2D eigenvalue weighted by Gasteiger charge is 2.23. The average Bonchev–Trinajstić information content (AvgIpc) is 2.51. The molecule has 0 saturated carbocycles. The average molecular weight is 188 g/mol. The van der Waals surface area contributed by atoms with Crippen molar-refractivity contribution in [3.05, 3.63) is 42.5 Å². The summed E-state index contributed by atoms with van der Waals surface area (Å²) in [5.74, 6) is -0.697. The number of nitrogens with one attached hydrogen (secondary N) is 1. The van der Waals surface area contributed by atoms with Crippen LogP contribution in [0.1, 0.15) is 0 Å². The third-order valence-corrected chi connectivity index (χ3v) is 1.82. The molecular formula is C10H8N2O2. The summed E-state index contributed by atoms with van der Waals surface area (Å²) in [6.07, 6.45) is 2.47. The maximum atomic E-state index is 11.1. The van der Waals surface area contributed by atoms with Gasteiger partial charge in [-0.3, -0.25) is 15.0 Å². The molecular weight excluding hydrogens is 180 g/mol. The van der Waals surface area contributed by atoms with Crippen molar-refractivity contribution in [1.82, 2.24) is 5.01 Å². The summed E-state index contributed by atoms with van der Waals surface area (Å²) >= 11 is 0. The van der Waals surface area contributed by atoms with E-state index >= 15 is 0 Å². The molecule has 1 N–H and O–H groups in total. The lowest BCUT2D eigenvalue weighted by atomic mass is 10.3. The van der Waals surface area contributed by atoms with Gasteiger partial charge < -0.3 is 0 Å². The van der Waals surface area contributed by atoms with Gasteiger partial charge in [-0.05, 0) is 12.1 Å². The Kier molecular flexibility index (Phi) is 2.02. The van der Waals surface area contributed by atoms with Crippen molar-refractivity contribution in [2.75, 3.05) is 5.43 Å². The van der Waals surface area contributed by atoms with Crippen molar-refractivity contribution >= 4 is 17.5 Å². The lowest BCUT2D eigenvalue weighted by Crippen LogP contribution is -2.35. The fourth-order valence-corrected chi connectivity index (χ4v) is 1.15. The molecule has 0 bridgehead atoms. The van der Waals surface area contributed by atoms with E-state index in [2.05, 4.69) is 5.43 Å². The molecule has 1 aromatic rings. The first kappa shape index (κ1) is 8.50. The van der Waals surface area contributed by atoms with Gasteiger partial charge >= 0.3 is 0 Å².